The van der Waals surface area contributed by atoms with E-state index in [0.717, 1.165) is 5.92 Å². The Morgan fingerprint density at radius 1 is 1.20 bits per heavy atom. The van der Waals surface area contributed by atoms with Gasteiger partial charge in [-0.25, -0.2) is 0 Å². The van der Waals surface area contributed by atoms with Crippen LogP contribution >= 0.6 is 0 Å². The van der Waals surface area contributed by atoms with Crippen LogP contribution in [0.1, 0.15) is 19.8 Å². The van der Waals surface area contributed by atoms with Gasteiger partial charge in [0.25, 0.3) is 0 Å². The Bertz CT molecular complexity index is 67.3. The minimum absolute atomic E-state index is 0.0419. The molecule has 0 heterocycles. The number of aliphatic hydroxyl groups excluding tert-OH is 3. The van der Waals surface area contributed by atoms with E-state index < -0.39 is 6.10 Å². The molecule has 0 aromatic rings. The van der Waals surface area contributed by atoms with Crippen LogP contribution in [0.5, 0.6) is 0 Å². The van der Waals surface area contributed by atoms with Gasteiger partial charge in [-0.2, -0.15) is 0 Å². The summed E-state index contributed by atoms with van der Waals surface area (Å²) in [4.78, 5) is 0. The zero-order valence-corrected chi connectivity index (χ0v) is 6.25. The first-order valence-electron chi connectivity index (χ1n) is 3.46. The molecular formula is C7H15O3. The van der Waals surface area contributed by atoms with Crippen molar-refractivity contribution in [2.75, 3.05) is 13.2 Å². The molecule has 0 rings (SSSR count). The molecule has 3 N–H and O–H groups in total. The van der Waals surface area contributed by atoms with Gasteiger partial charge in [-0.3, -0.25) is 0 Å². The van der Waals surface area contributed by atoms with Crippen LogP contribution in [-0.4, -0.2) is 34.6 Å². The molecule has 0 bridgehead atoms. The van der Waals surface area contributed by atoms with Gasteiger partial charge in [-0.15, -0.1) is 0 Å². The molecule has 3 nitrogen and oxygen atoms in total. The van der Waals surface area contributed by atoms with Crippen molar-refractivity contribution in [3.05, 3.63) is 5.92 Å². The maximum atomic E-state index is 9.02. The zero-order chi connectivity index (χ0) is 7.98. The van der Waals surface area contributed by atoms with E-state index >= 15 is 0 Å². The van der Waals surface area contributed by atoms with E-state index in [2.05, 4.69) is 0 Å². The summed E-state index contributed by atoms with van der Waals surface area (Å²) in [6.45, 7) is 1.72. The van der Waals surface area contributed by atoms with Crippen LogP contribution in [0.2, 0.25) is 0 Å². The van der Waals surface area contributed by atoms with Crippen LogP contribution in [0.15, 0.2) is 0 Å². The highest BCUT2D eigenvalue weighted by Gasteiger charge is 2.13. The molecule has 10 heavy (non-hydrogen) atoms. The topological polar surface area (TPSA) is 60.7 Å². The van der Waals surface area contributed by atoms with Crippen molar-refractivity contribution in [2.45, 2.75) is 25.9 Å². The lowest BCUT2D eigenvalue weighted by Gasteiger charge is -2.16. The summed E-state index contributed by atoms with van der Waals surface area (Å²) in [6, 6.07) is 0. The van der Waals surface area contributed by atoms with Crippen molar-refractivity contribution in [3.63, 3.8) is 0 Å². The highest BCUT2D eigenvalue weighted by atomic mass is 16.3. The fourth-order valence-corrected chi connectivity index (χ4v) is 0.830. The van der Waals surface area contributed by atoms with Gasteiger partial charge in [-0.05, 0) is 19.8 Å². The van der Waals surface area contributed by atoms with Crippen LogP contribution in [0, 0.1) is 5.92 Å². The molecule has 0 aromatic heterocycles. The molecular weight excluding hydrogens is 132 g/mol. The van der Waals surface area contributed by atoms with E-state index in [1.54, 1.807) is 6.92 Å². The smallest absolute Gasteiger partial charge is 0.0576 e. The summed E-state index contributed by atoms with van der Waals surface area (Å²) in [5, 5.41) is 26.0. The predicted octanol–water partition coefficient (Wildman–Crippen LogP) is -0.294. The van der Waals surface area contributed by atoms with Crippen LogP contribution < -0.4 is 0 Å². The quantitative estimate of drug-likeness (QED) is 0.500. The zero-order valence-electron chi connectivity index (χ0n) is 6.25. The first kappa shape index (κ1) is 9.88. The van der Waals surface area contributed by atoms with Gasteiger partial charge < -0.3 is 15.3 Å². The van der Waals surface area contributed by atoms with E-state index in [4.69, 9.17) is 15.3 Å². The van der Waals surface area contributed by atoms with Gasteiger partial charge in [0.2, 0.25) is 0 Å². The predicted molar refractivity (Wildman–Crippen MR) is 38.3 cm³/mol. The monoisotopic (exact) mass is 147 g/mol. The highest BCUT2D eigenvalue weighted by molar-refractivity contribution is 4.94. The Kier molecular flexibility index (Phi) is 5.58. The van der Waals surface area contributed by atoms with Crippen molar-refractivity contribution in [3.8, 4) is 0 Å². The second kappa shape index (κ2) is 5.65. The Hall–Kier alpha value is -0.120. The van der Waals surface area contributed by atoms with Gasteiger partial charge in [0.15, 0.2) is 0 Å². The average molecular weight is 147 g/mol. The Morgan fingerprint density at radius 3 is 1.80 bits per heavy atom. The third-order valence-electron chi connectivity index (χ3n) is 1.46. The molecule has 1 atom stereocenters. The minimum Gasteiger partial charge on any atom is -0.396 e. The number of hydrogen-bond donors (Lipinski definition) is 3. The first-order valence-corrected chi connectivity index (χ1v) is 3.46. The van der Waals surface area contributed by atoms with E-state index in [0.29, 0.717) is 12.8 Å². The molecule has 0 fully saturated rings. The number of hydrogen-bond acceptors (Lipinski definition) is 3. The molecule has 0 aliphatic carbocycles. The maximum Gasteiger partial charge on any atom is 0.0576 e. The van der Waals surface area contributed by atoms with E-state index in [1.807, 2.05) is 0 Å². The van der Waals surface area contributed by atoms with Crippen LogP contribution in [-0.2, 0) is 0 Å². The third kappa shape index (κ3) is 3.82. The van der Waals surface area contributed by atoms with Crippen molar-refractivity contribution >= 4 is 0 Å². The van der Waals surface area contributed by atoms with E-state index in [-0.39, 0.29) is 13.2 Å². The van der Waals surface area contributed by atoms with Crippen LogP contribution in [0.3, 0.4) is 0 Å². The molecule has 1 unspecified atom stereocenters. The van der Waals surface area contributed by atoms with E-state index in [9.17, 15) is 0 Å². The van der Waals surface area contributed by atoms with E-state index in [1.165, 1.54) is 0 Å². The van der Waals surface area contributed by atoms with Crippen molar-refractivity contribution in [1.29, 1.82) is 0 Å². The lowest BCUT2D eigenvalue weighted by atomic mass is 9.97. The van der Waals surface area contributed by atoms with Gasteiger partial charge in [-0.1, -0.05) is 0 Å². The summed E-state index contributed by atoms with van der Waals surface area (Å²) in [5.41, 5.74) is 0. The lowest BCUT2D eigenvalue weighted by molar-refractivity contribution is 0.168. The molecule has 0 saturated carbocycles. The normalized spacial score (nSPS) is 14.1. The minimum atomic E-state index is -0.515. The first-order chi connectivity index (χ1) is 4.72. The van der Waals surface area contributed by atoms with Gasteiger partial charge in [0.05, 0.1) is 6.10 Å². The van der Waals surface area contributed by atoms with Crippen molar-refractivity contribution in [2.24, 2.45) is 0 Å². The van der Waals surface area contributed by atoms with Gasteiger partial charge >= 0.3 is 0 Å². The Morgan fingerprint density at radius 2 is 1.60 bits per heavy atom. The largest absolute Gasteiger partial charge is 0.396 e. The second-order valence-electron chi connectivity index (χ2n) is 2.28. The SMILES string of the molecule is CC(O)[C](CCO)CCO. The average Bonchev–Trinajstić information content (AvgIpc) is 1.87. The summed E-state index contributed by atoms with van der Waals surface area (Å²) >= 11 is 0. The molecule has 0 aliphatic heterocycles. The van der Waals surface area contributed by atoms with Crippen LogP contribution in [0.25, 0.3) is 0 Å². The van der Waals surface area contributed by atoms with Gasteiger partial charge in [0, 0.05) is 19.1 Å². The molecule has 0 aliphatic rings. The summed E-state index contributed by atoms with van der Waals surface area (Å²) < 4.78 is 0. The maximum absolute atomic E-state index is 9.02. The summed E-state index contributed by atoms with van der Waals surface area (Å²) in [6.07, 6.45) is 0.454. The number of rotatable bonds is 5. The molecule has 0 spiro atoms. The standard InChI is InChI=1S/C7H15O3/c1-6(10)7(2-4-8)3-5-9/h6,8-10H,2-5H2,1H3. The molecule has 0 saturated heterocycles. The Labute approximate surface area is 61.3 Å². The molecule has 0 amide bonds. The molecule has 61 valence electrons. The Balaban J connectivity index is 3.50. The third-order valence-corrected chi connectivity index (χ3v) is 1.46. The molecule has 1 radical (unpaired) electrons. The molecule has 3 heteroatoms. The second-order valence-corrected chi connectivity index (χ2v) is 2.28. The highest BCUT2D eigenvalue weighted by Crippen LogP contribution is 2.14. The molecule has 0 aromatic carbocycles. The van der Waals surface area contributed by atoms with Gasteiger partial charge in [0.1, 0.15) is 0 Å². The number of aliphatic hydroxyl groups is 3. The fraction of sp³-hybridized carbons (Fsp3) is 0.857. The lowest BCUT2D eigenvalue weighted by Crippen LogP contribution is -2.16. The fourth-order valence-electron chi connectivity index (χ4n) is 0.830. The van der Waals surface area contributed by atoms with Crippen molar-refractivity contribution < 1.29 is 15.3 Å². The van der Waals surface area contributed by atoms with Crippen LogP contribution in [0.4, 0.5) is 0 Å². The van der Waals surface area contributed by atoms with Crippen molar-refractivity contribution in [1.82, 2.24) is 0 Å². The summed E-state index contributed by atoms with van der Waals surface area (Å²) in [7, 11) is 0. The summed E-state index contributed by atoms with van der Waals surface area (Å²) in [5.74, 6) is 0.810.